The Morgan fingerprint density at radius 3 is 2.45 bits per heavy atom. The number of aryl methyl sites for hydroxylation is 2. The summed E-state index contributed by atoms with van der Waals surface area (Å²) in [5, 5.41) is 0. The summed E-state index contributed by atoms with van der Waals surface area (Å²) in [6, 6.07) is 9.99. The molecule has 20 heavy (non-hydrogen) atoms. The zero-order valence-electron chi connectivity index (χ0n) is 12.0. The minimum absolute atomic E-state index is 0.0707. The molecule has 1 heterocycles. The van der Waals surface area contributed by atoms with Gasteiger partial charge in [-0.25, -0.2) is 0 Å². The van der Waals surface area contributed by atoms with Gasteiger partial charge in [0, 0.05) is 21.9 Å². The van der Waals surface area contributed by atoms with Crippen LogP contribution in [0.1, 0.15) is 28.6 Å². The third-order valence-electron chi connectivity index (χ3n) is 3.21. The molecule has 0 saturated carbocycles. The first kappa shape index (κ1) is 15.0. The van der Waals surface area contributed by atoms with Crippen LogP contribution in [-0.2, 0) is 6.42 Å². The molecule has 1 unspecified atom stereocenters. The monoisotopic (exact) mass is 334 g/mol. The van der Waals surface area contributed by atoms with E-state index in [2.05, 4.69) is 27.0 Å². The summed E-state index contributed by atoms with van der Waals surface area (Å²) in [7, 11) is 1.68. The number of ether oxygens (including phenoxy) is 1. The van der Waals surface area contributed by atoms with E-state index in [1.54, 1.807) is 7.11 Å². The second kappa shape index (κ2) is 6.37. The SMILES string of the molecule is COc1ccc(Br)cc1CC(N)c1cc(C)nc(C)c1. The van der Waals surface area contributed by atoms with E-state index in [1.807, 2.05) is 38.1 Å². The van der Waals surface area contributed by atoms with Crippen molar-refractivity contribution in [3.8, 4) is 5.75 Å². The average Bonchev–Trinajstić information content (AvgIpc) is 2.37. The lowest BCUT2D eigenvalue weighted by molar-refractivity contribution is 0.408. The summed E-state index contributed by atoms with van der Waals surface area (Å²) < 4.78 is 6.43. The molecule has 3 nitrogen and oxygen atoms in total. The molecule has 0 radical (unpaired) electrons. The van der Waals surface area contributed by atoms with E-state index in [0.29, 0.717) is 0 Å². The van der Waals surface area contributed by atoms with Crippen molar-refractivity contribution in [3.63, 3.8) is 0 Å². The van der Waals surface area contributed by atoms with Crippen LogP contribution in [0.5, 0.6) is 5.75 Å². The Hall–Kier alpha value is -1.39. The zero-order chi connectivity index (χ0) is 14.7. The van der Waals surface area contributed by atoms with Gasteiger partial charge in [-0.15, -0.1) is 0 Å². The number of aromatic nitrogens is 1. The smallest absolute Gasteiger partial charge is 0.122 e. The van der Waals surface area contributed by atoms with Gasteiger partial charge in [-0.2, -0.15) is 0 Å². The minimum Gasteiger partial charge on any atom is -0.496 e. The first-order valence-electron chi connectivity index (χ1n) is 6.53. The van der Waals surface area contributed by atoms with Crippen molar-refractivity contribution in [2.24, 2.45) is 5.73 Å². The Balaban J connectivity index is 2.27. The van der Waals surface area contributed by atoms with E-state index in [4.69, 9.17) is 10.5 Å². The normalized spacial score (nSPS) is 12.2. The molecule has 0 saturated heterocycles. The molecule has 1 atom stereocenters. The number of benzene rings is 1. The van der Waals surface area contributed by atoms with Crippen LogP contribution >= 0.6 is 15.9 Å². The molecule has 106 valence electrons. The molecule has 2 rings (SSSR count). The Morgan fingerprint density at radius 1 is 1.20 bits per heavy atom. The van der Waals surface area contributed by atoms with Gasteiger partial charge in [0.25, 0.3) is 0 Å². The standard InChI is InChI=1S/C16H19BrN2O/c1-10-6-12(7-11(2)19-10)15(18)9-13-8-14(17)4-5-16(13)20-3/h4-8,15H,9,18H2,1-3H3. The van der Waals surface area contributed by atoms with Crippen molar-refractivity contribution >= 4 is 15.9 Å². The highest BCUT2D eigenvalue weighted by atomic mass is 79.9. The van der Waals surface area contributed by atoms with Gasteiger partial charge in [-0.1, -0.05) is 15.9 Å². The summed E-state index contributed by atoms with van der Waals surface area (Å²) in [5.74, 6) is 0.867. The lowest BCUT2D eigenvalue weighted by Gasteiger charge is -2.16. The molecule has 2 N–H and O–H groups in total. The predicted octanol–water partition coefficient (Wildman–Crippen LogP) is 3.71. The van der Waals surface area contributed by atoms with Crippen molar-refractivity contribution in [3.05, 3.63) is 57.3 Å². The van der Waals surface area contributed by atoms with Gasteiger partial charge in [0.2, 0.25) is 0 Å². The maximum absolute atomic E-state index is 6.34. The Kier molecular flexibility index (Phi) is 4.78. The van der Waals surface area contributed by atoms with E-state index in [9.17, 15) is 0 Å². The van der Waals surface area contributed by atoms with Gasteiger partial charge in [0.15, 0.2) is 0 Å². The third kappa shape index (κ3) is 3.58. The Bertz CT molecular complexity index is 593. The van der Waals surface area contributed by atoms with E-state index < -0.39 is 0 Å². The number of nitrogens with two attached hydrogens (primary N) is 1. The lowest BCUT2D eigenvalue weighted by atomic mass is 9.98. The first-order valence-corrected chi connectivity index (χ1v) is 7.32. The van der Waals surface area contributed by atoms with Crippen LogP contribution in [0.3, 0.4) is 0 Å². The van der Waals surface area contributed by atoms with E-state index >= 15 is 0 Å². The highest BCUT2D eigenvalue weighted by Gasteiger charge is 2.12. The number of hydrogen-bond acceptors (Lipinski definition) is 3. The quantitative estimate of drug-likeness (QED) is 0.927. The van der Waals surface area contributed by atoms with Crippen LogP contribution in [-0.4, -0.2) is 12.1 Å². The van der Waals surface area contributed by atoms with Crippen LogP contribution in [0.15, 0.2) is 34.8 Å². The van der Waals surface area contributed by atoms with Gasteiger partial charge in [-0.05, 0) is 61.7 Å². The van der Waals surface area contributed by atoms with Gasteiger partial charge in [-0.3, -0.25) is 4.98 Å². The van der Waals surface area contributed by atoms with Gasteiger partial charge in [0.1, 0.15) is 5.75 Å². The largest absolute Gasteiger partial charge is 0.496 e. The number of halogens is 1. The van der Waals surface area contributed by atoms with E-state index in [0.717, 1.165) is 39.2 Å². The molecule has 0 amide bonds. The molecule has 0 aliphatic carbocycles. The van der Waals surface area contributed by atoms with Crippen molar-refractivity contribution in [2.75, 3.05) is 7.11 Å². The van der Waals surface area contributed by atoms with Gasteiger partial charge < -0.3 is 10.5 Å². The summed E-state index contributed by atoms with van der Waals surface area (Å²) in [6.07, 6.45) is 0.728. The zero-order valence-corrected chi connectivity index (χ0v) is 13.6. The number of nitrogens with zero attached hydrogens (tertiary/aromatic N) is 1. The predicted molar refractivity (Wildman–Crippen MR) is 85.0 cm³/mol. The van der Waals surface area contributed by atoms with Crippen molar-refractivity contribution < 1.29 is 4.74 Å². The fourth-order valence-electron chi connectivity index (χ4n) is 2.34. The van der Waals surface area contributed by atoms with Gasteiger partial charge >= 0.3 is 0 Å². The van der Waals surface area contributed by atoms with E-state index in [1.165, 1.54) is 0 Å². The van der Waals surface area contributed by atoms with Crippen molar-refractivity contribution in [2.45, 2.75) is 26.3 Å². The van der Waals surface area contributed by atoms with Crippen LogP contribution in [0.4, 0.5) is 0 Å². The highest BCUT2D eigenvalue weighted by molar-refractivity contribution is 9.10. The van der Waals surface area contributed by atoms with Crippen molar-refractivity contribution in [1.29, 1.82) is 0 Å². The lowest BCUT2D eigenvalue weighted by Crippen LogP contribution is -2.14. The van der Waals surface area contributed by atoms with Crippen LogP contribution in [0, 0.1) is 13.8 Å². The molecule has 0 aliphatic rings. The second-order valence-corrected chi connectivity index (χ2v) is 5.87. The van der Waals surface area contributed by atoms with Crippen molar-refractivity contribution in [1.82, 2.24) is 4.98 Å². The summed E-state index contributed by atoms with van der Waals surface area (Å²) in [5.41, 5.74) is 10.5. The fourth-order valence-corrected chi connectivity index (χ4v) is 2.75. The number of pyridine rings is 1. The molecule has 1 aromatic carbocycles. The molecular formula is C16H19BrN2O. The minimum atomic E-state index is -0.0707. The summed E-state index contributed by atoms with van der Waals surface area (Å²) >= 11 is 3.49. The first-order chi connectivity index (χ1) is 9.49. The number of rotatable bonds is 4. The molecule has 0 spiro atoms. The third-order valence-corrected chi connectivity index (χ3v) is 3.71. The summed E-state index contributed by atoms with van der Waals surface area (Å²) in [6.45, 7) is 3.98. The molecule has 2 aromatic rings. The average molecular weight is 335 g/mol. The fraction of sp³-hybridized carbons (Fsp3) is 0.312. The second-order valence-electron chi connectivity index (χ2n) is 4.95. The topological polar surface area (TPSA) is 48.1 Å². The van der Waals surface area contributed by atoms with Gasteiger partial charge in [0.05, 0.1) is 7.11 Å². The Labute approximate surface area is 128 Å². The number of hydrogen-bond donors (Lipinski definition) is 1. The van der Waals surface area contributed by atoms with E-state index in [-0.39, 0.29) is 6.04 Å². The van der Waals surface area contributed by atoms with Crippen LogP contribution in [0.25, 0.3) is 0 Å². The maximum Gasteiger partial charge on any atom is 0.122 e. The Morgan fingerprint density at radius 2 is 1.85 bits per heavy atom. The molecule has 0 bridgehead atoms. The highest BCUT2D eigenvalue weighted by Crippen LogP contribution is 2.27. The molecule has 0 fully saturated rings. The van der Waals surface area contributed by atoms with Crippen LogP contribution < -0.4 is 10.5 Å². The summed E-state index contributed by atoms with van der Waals surface area (Å²) in [4.78, 5) is 4.38. The number of methoxy groups -OCH3 is 1. The molecule has 4 heteroatoms. The maximum atomic E-state index is 6.34. The molecular weight excluding hydrogens is 316 g/mol. The molecule has 0 aliphatic heterocycles. The molecule has 1 aromatic heterocycles. The van der Waals surface area contributed by atoms with Crippen LogP contribution in [0.2, 0.25) is 0 Å².